The number of amides is 1. The number of H-pyrrole nitrogens is 1. The highest BCUT2D eigenvalue weighted by atomic mass is 16.5. The summed E-state index contributed by atoms with van der Waals surface area (Å²) in [5.41, 5.74) is 4.60. The van der Waals surface area contributed by atoms with Crippen molar-refractivity contribution in [2.24, 2.45) is 0 Å². The van der Waals surface area contributed by atoms with Crippen molar-refractivity contribution in [1.82, 2.24) is 20.1 Å². The van der Waals surface area contributed by atoms with Crippen LogP contribution in [0, 0.1) is 0 Å². The minimum absolute atomic E-state index is 0.00297. The maximum absolute atomic E-state index is 13.2. The molecule has 0 saturated carbocycles. The molecule has 1 saturated heterocycles. The molecular formula is C22H22N4O2. The number of fused-ring (bicyclic) bond motifs is 1. The van der Waals surface area contributed by atoms with Gasteiger partial charge in [-0.25, -0.2) is 0 Å². The molecule has 2 aliphatic heterocycles. The fourth-order valence-electron chi connectivity index (χ4n) is 4.17. The molecular weight excluding hydrogens is 352 g/mol. The van der Waals surface area contributed by atoms with Crippen LogP contribution in [0.4, 0.5) is 0 Å². The van der Waals surface area contributed by atoms with Gasteiger partial charge in [0, 0.05) is 30.9 Å². The molecule has 0 spiro atoms. The third kappa shape index (κ3) is 3.05. The summed E-state index contributed by atoms with van der Waals surface area (Å²) in [6, 6.07) is 12.0. The van der Waals surface area contributed by atoms with Gasteiger partial charge >= 0.3 is 0 Å². The van der Waals surface area contributed by atoms with Gasteiger partial charge in [-0.2, -0.15) is 5.10 Å². The van der Waals surface area contributed by atoms with Crippen molar-refractivity contribution in [2.45, 2.75) is 31.7 Å². The predicted octanol–water partition coefficient (Wildman–Crippen LogP) is 3.77. The summed E-state index contributed by atoms with van der Waals surface area (Å²) in [5.74, 6) is 0.944. The monoisotopic (exact) mass is 374 g/mol. The van der Waals surface area contributed by atoms with Crippen LogP contribution in [0.3, 0.4) is 0 Å². The summed E-state index contributed by atoms with van der Waals surface area (Å²) in [4.78, 5) is 19.4. The third-order valence-corrected chi connectivity index (χ3v) is 5.63. The van der Waals surface area contributed by atoms with Crippen LogP contribution in [0.5, 0.6) is 5.75 Å². The lowest BCUT2D eigenvalue weighted by Gasteiger charge is -2.35. The molecule has 0 unspecified atom stereocenters. The Hall–Kier alpha value is -3.15. The largest absolute Gasteiger partial charge is 0.493 e. The fraction of sp³-hybridized carbons (Fsp3) is 0.318. The number of nitrogens with one attached hydrogen (secondary N) is 1. The summed E-state index contributed by atoms with van der Waals surface area (Å²) < 4.78 is 5.57. The molecule has 142 valence electrons. The fourth-order valence-corrected chi connectivity index (χ4v) is 4.17. The summed E-state index contributed by atoms with van der Waals surface area (Å²) in [5, 5.41) is 7.35. The van der Waals surface area contributed by atoms with E-state index in [-0.39, 0.29) is 11.9 Å². The SMILES string of the molecule is O=C(c1cc(-c2ccc3c(c2)CCO3)n[nH]1)N1CCCC[C@@H]1c1cccnc1. The Morgan fingerprint density at radius 3 is 3.07 bits per heavy atom. The number of likely N-dealkylation sites (tertiary alicyclic amines) is 1. The molecule has 1 fully saturated rings. The summed E-state index contributed by atoms with van der Waals surface area (Å²) in [6.07, 6.45) is 7.65. The van der Waals surface area contributed by atoms with Gasteiger partial charge in [0.1, 0.15) is 11.4 Å². The number of aromatic amines is 1. The van der Waals surface area contributed by atoms with E-state index in [0.717, 1.165) is 61.4 Å². The van der Waals surface area contributed by atoms with Crippen molar-refractivity contribution >= 4 is 5.91 Å². The lowest BCUT2D eigenvalue weighted by Crippen LogP contribution is -2.38. The van der Waals surface area contributed by atoms with Crippen LogP contribution >= 0.6 is 0 Å². The quantitative estimate of drug-likeness (QED) is 0.757. The van der Waals surface area contributed by atoms with Crippen LogP contribution in [-0.4, -0.2) is 39.1 Å². The Balaban J connectivity index is 1.41. The average molecular weight is 374 g/mol. The summed E-state index contributed by atoms with van der Waals surface area (Å²) in [7, 11) is 0. The van der Waals surface area contributed by atoms with Crippen LogP contribution < -0.4 is 4.74 Å². The molecule has 0 aliphatic carbocycles. The summed E-state index contributed by atoms with van der Waals surface area (Å²) >= 11 is 0. The van der Waals surface area contributed by atoms with Crippen LogP contribution in [0.15, 0.2) is 48.8 Å². The van der Waals surface area contributed by atoms with Crippen LogP contribution in [0.25, 0.3) is 11.3 Å². The van der Waals surface area contributed by atoms with Crippen LogP contribution in [0.1, 0.15) is 46.9 Å². The molecule has 1 atom stereocenters. The first-order valence-corrected chi connectivity index (χ1v) is 9.82. The molecule has 0 bridgehead atoms. The Kier molecular flexibility index (Phi) is 4.31. The number of rotatable bonds is 3. The molecule has 2 aliphatic rings. The molecule has 0 radical (unpaired) electrons. The van der Waals surface area contributed by atoms with E-state index in [0.29, 0.717) is 5.69 Å². The number of carbonyl (C=O) groups excluding carboxylic acids is 1. The number of hydrogen-bond donors (Lipinski definition) is 1. The average Bonchev–Trinajstić information content (AvgIpc) is 3.43. The lowest BCUT2D eigenvalue weighted by atomic mass is 9.96. The van der Waals surface area contributed by atoms with E-state index >= 15 is 0 Å². The molecule has 28 heavy (non-hydrogen) atoms. The standard InChI is InChI=1S/C22H22N4O2/c27-22(26-10-2-1-5-20(26)17-4-3-9-23-14-17)19-13-18(24-25-19)15-6-7-21-16(12-15)8-11-28-21/h3-4,6-7,9,12-14,20H,1-2,5,8,10-11H2,(H,24,25)/t20-/m1/s1. The highest BCUT2D eigenvalue weighted by Crippen LogP contribution is 2.33. The van der Waals surface area contributed by atoms with Crippen LogP contribution in [0.2, 0.25) is 0 Å². The topological polar surface area (TPSA) is 71.1 Å². The van der Waals surface area contributed by atoms with Gasteiger partial charge < -0.3 is 9.64 Å². The molecule has 1 aromatic carbocycles. The minimum atomic E-state index is -0.00297. The lowest BCUT2D eigenvalue weighted by molar-refractivity contribution is 0.0605. The van der Waals surface area contributed by atoms with Gasteiger partial charge in [0.05, 0.1) is 18.3 Å². The van der Waals surface area contributed by atoms with Crippen molar-refractivity contribution in [3.05, 3.63) is 65.6 Å². The second-order valence-electron chi connectivity index (χ2n) is 7.38. The van der Waals surface area contributed by atoms with E-state index in [2.05, 4.69) is 21.2 Å². The first-order valence-electron chi connectivity index (χ1n) is 9.82. The van der Waals surface area contributed by atoms with Crippen molar-refractivity contribution in [2.75, 3.05) is 13.2 Å². The van der Waals surface area contributed by atoms with Crippen molar-refractivity contribution < 1.29 is 9.53 Å². The molecule has 1 amide bonds. The Morgan fingerprint density at radius 1 is 1.21 bits per heavy atom. The number of aromatic nitrogens is 3. The highest BCUT2D eigenvalue weighted by molar-refractivity contribution is 5.93. The van der Waals surface area contributed by atoms with Gasteiger partial charge in [-0.15, -0.1) is 0 Å². The molecule has 4 heterocycles. The zero-order valence-electron chi connectivity index (χ0n) is 15.6. The first kappa shape index (κ1) is 17.0. The smallest absolute Gasteiger partial charge is 0.272 e. The molecule has 6 nitrogen and oxygen atoms in total. The molecule has 2 aromatic heterocycles. The summed E-state index contributed by atoms with van der Waals surface area (Å²) in [6.45, 7) is 1.48. The van der Waals surface area contributed by atoms with Gasteiger partial charge in [-0.05, 0) is 60.7 Å². The number of carbonyl (C=O) groups is 1. The first-order chi connectivity index (χ1) is 13.8. The van der Waals surface area contributed by atoms with Crippen molar-refractivity contribution in [3.8, 4) is 17.0 Å². The molecule has 5 rings (SSSR count). The second kappa shape index (κ2) is 7.11. The molecule has 6 heteroatoms. The normalized spacial score (nSPS) is 18.6. The number of benzene rings is 1. The van der Waals surface area contributed by atoms with Crippen LogP contribution in [-0.2, 0) is 6.42 Å². The van der Waals surface area contributed by atoms with E-state index in [1.807, 2.05) is 41.4 Å². The second-order valence-corrected chi connectivity index (χ2v) is 7.38. The van der Waals surface area contributed by atoms with E-state index < -0.39 is 0 Å². The molecule has 1 N–H and O–H groups in total. The van der Waals surface area contributed by atoms with E-state index in [4.69, 9.17) is 4.74 Å². The zero-order chi connectivity index (χ0) is 18.9. The Labute approximate surface area is 163 Å². The minimum Gasteiger partial charge on any atom is -0.493 e. The highest BCUT2D eigenvalue weighted by Gasteiger charge is 2.30. The zero-order valence-corrected chi connectivity index (χ0v) is 15.6. The van der Waals surface area contributed by atoms with E-state index in [1.54, 1.807) is 6.20 Å². The molecule has 3 aromatic rings. The number of pyridine rings is 1. The number of hydrogen-bond acceptors (Lipinski definition) is 4. The van der Waals surface area contributed by atoms with Crippen molar-refractivity contribution in [3.63, 3.8) is 0 Å². The number of nitrogens with zero attached hydrogens (tertiary/aromatic N) is 3. The Morgan fingerprint density at radius 2 is 2.18 bits per heavy atom. The van der Waals surface area contributed by atoms with E-state index in [1.165, 1.54) is 5.56 Å². The van der Waals surface area contributed by atoms with Gasteiger partial charge in [0.2, 0.25) is 0 Å². The van der Waals surface area contributed by atoms with E-state index in [9.17, 15) is 4.79 Å². The maximum Gasteiger partial charge on any atom is 0.272 e. The predicted molar refractivity (Wildman–Crippen MR) is 105 cm³/mol. The Bertz CT molecular complexity index is 999. The number of piperidine rings is 1. The maximum atomic E-state index is 13.2. The van der Waals surface area contributed by atoms with Gasteiger partial charge in [-0.3, -0.25) is 14.9 Å². The number of ether oxygens (including phenoxy) is 1. The van der Waals surface area contributed by atoms with Gasteiger partial charge in [-0.1, -0.05) is 6.07 Å². The van der Waals surface area contributed by atoms with Crippen molar-refractivity contribution in [1.29, 1.82) is 0 Å². The van der Waals surface area contributed by atoms with Gasteiger partial charge in [0.15, 0.2) is 0 Å². The third-order valence-electron chi connectivity index (χ3n) is 5.63. The van der Waals surface area contributed by atoms with Gasteiger partial charge in [0.25, 0.3) is 5.91 Å².